The Morgan fingerprint density at radius 3 is 2.63 bits per heavy atom. The maximum absolute atomic E-state index is 5.85. The average Bonchev–Trinajstić information content (AvgIpc) is 3.26. The van der Waals surface area contributed by atoms with Crippen LogP contribution in [0.15, 0.2) is 54.6 Å². The van der Waals surface area contributed by atoms with Gasteiger partial charge in [0.25, 0.3) is 0 Å². The molecule has 0 aromatic heterocycles. The van der Waals surface area contributed by atoms with Crippen LogP contribution in [0.4, 0.5) is 0 Å². The van der Waals surface area contributed by atoms with Gasteiger partial charge in [-0.25, -0.2) is 0 Å². The Balaban J connectivity index is 1.64. The van der Waals surface area contributed by atoms with Gasteiger partial charge in [0, 0.05) is 0 Å². The fraction of sp³-hybridized carbons (Fsp3) is 0.294. The quantitative estimate of drug-likeness (QED) is 0.887. The van der Waals surface area contributed by atoms with Crippen molar-refractivity contribution in [1.29, 1.82) is 0 Å². The Kier molecular flexibility index (Phi) is 3.51. The zero-order valence-corrected chi connectivity index (χ0v) is 11.0. The largest absolute Gasteiger partial charge is 0.489 e. The molecule has 2 unspecified atom stereocenters. The molecule has 1 aliphatic rings. The van der Waals surface area contributed by atoms with Gasteiger partial charge in [-0.1, -0.05) is 42.5 Å². The summed E-state index contributed by atoms with van der Waals surface area (Å²) in [6.07, 6.45) is 1.22. The van der Waals surface area contributed by atoms with Gasteiger partial charge >= 0.3 is 0 Å². The maximum atomic E-state index is 5.85. The van der Waals surface area contributed by atoms with Crippen molar-refractivity contribution < 1.29 is 4.74 Å². The van der Waals surface area contributed by atoms with E-state index in [1.54, 1.807) is 0 Å². The summed E-state index contributed by atoms with van der Waals surface area (Å²) in [5.74, 6) is 2.26. The first kappa shape index (κ1) is 12.2. The Bertz CT molecular complexity index is 538. The van der Waals surface area contributed by atoms with Gasteiger partial charge in [0.2, 0.25) is 0 Å². The topological polar surface area (TPSA) is 35.2 Å². The van der Waals surface area contributed by atoms with Crippen LogP contribution in [0.2, 0.25) is 0 Å². The molecule has 0 heterocycles. The van der Waals surface area contributed by atoms with Crippen molar-refractivity contribution in [3.8, 4) is 5.75 Å². The molecule has 1 fully saturated rings. The molecule has 2 nitrogen and oxygen atoms in total. The second kappa shape index (κ2) is 5.45. The van der Waals surface area contributed by atoms with Gasteiger partial charge in [0.05, 0.1) is 0 Å². The van der Waals surface area contributed by atoms with E-state index in [4.69, 9.17) is 10.5 Å². The highest BCUT2D eigenvalue weighted by atomic mass is 16.5. The highest BCUT2D eigenvalue weighted by Crippen LogP contribution is 2.47. The van der Waals surface area contributed by atoms with Gasteiger partial charge in [-0.15, -0.1) is 0 Å². The van der Waals surface area contributed by atoms with Crippen LogP contribution < -0.4 is 10.5 Å². The van der Waals surface area contributed by atoms with Crippen LogP contribution in [-0.4, -0.2) is 6.54 Å². The molecule has 2 aromatic rings. The third-order valence-electron chi connectivity index (χ3n) is 3.76. The third kappa shape index (κ3) is 2.96. The standard InChI is InChI=1S/C17H19NO/c18-11-15-10-17(15)14-7-4-8-16(9-14)19-12-13-5-2-1-3-6-13/h1-9,15,17H,10-12,18H2. The molecule has 2 heteroatoms. The first-order chi connectivity index (χ1) is 9.36. The fourth-order valence-electron chi connectivity index (χ4n) is 2.49. The summed E-state index contributed by atoms with van der Waals surface area (Å²) in [5, 5.41) is 0. The molecule has 2 N–H and O–H groups in total. The van der Waals surface area contributed by atoms with Crippen LogP contribution in [0.3, 0.4) is 0 Å². The molecule has 0 radical (unpaired) electrons. The van der Waals surface area contributed by atoms with Crippen molar-refractivity contribution in [2.75, 3.05) is 6.54 Å². The Hall–Kier alpha value is -1.80. The minimum absolute atomic E-state index is 0.620. The molecule has 1 saturated carbocycles. The molecule has 0 spiro atoms. The van der Waals surface area contributed by atoms with Gasteiger partial charge in [-0.3, -0.25) is 0 Å². The first-order valence-electron chi connectivity index (χ1n) is 6.83. The lowest BCUT2D eigenvalue weighted by Crippen LogP contribution is -2.02. The van der Waals surface area contributed by atoms with Gasteiger partial charge in [-0.05, 0) is 48.1 Å². The molecule has 1 aliphatic carbocycles. The lowest BCUT2D eigenvalue weighted by Gasteiger charge is -2.08. The van der Waals surface area contributed by atoms with E-state index in [-0.39, 0.29) is 0 Å². The van der Waals surface area contributed by atoms with Crippen molar-refractivity contribution in [3.05, 3.63) is 65.7 Å². The normalized spacial score (nSPS) is 21.1. The number of hydrogen-bond acceptors (Lipinski definition) is 2. The zero-order valence-electron chi connectivity index (χ0n) is 11.0. The van der Waals surface area contributed by atoms with Crippen LogP contribution in [0, 0.1) is 5.92 Å². The minimum atomic E-state index is 0.620. The predicted molar refractivity (Wildman–Crippen MR) is 77.1 cm³/mol. The molecular weight excluding hydrogens is 234 g/mol. The van der Waals surface area contributed by atoms with Crippen molar-refractivity contribution >= 4 is 0 Å². The molecule has 2 atom stereocenters. The van der Waals surface area contributed by atoms with Crippen LogP contribution >= 0.6 is 0 Å². The summed E-state index contributed by atoms with van der Waals surface area (Å²) < 4.78 is 5.85. The molecule has 0 saturated heterocycles. The van der Waals surface area contributed by atoms with Gasteiger partial charge in [0.1, 0.15) is 12.4 Å². The Labute approximate surface area is 114 Å². The number of rotatable bonds is 5. The summed E-state index contributed by atoms with van der Waals surface area (Å²) >= 11 is 0. The maximum Gasteiger partial charge on any atom is 0.120 e. The third-order valence-corrected chi connectivity index (χ3v) is 3.76. The zero-order chi connectivity index (χ0) is 13.1. The molecule has 98 valence electrons. The van der Waals surface area contributed by atoms with E-state index in [2.05, 4.69) is 30.3 Å². The van der Waals surface area contributed by atoms with E-state index in [0.29, 0.717) is 18.4 Å². The molecule has 0 bridgehead atoms. The van der Waals surface area contributed by atoms with E-state index in [1.165, 1.54) is 17.5 Å². The van der Waals surface area contributed by atoms with E-state index < -0.39 is 0 Å². The van der Waals surface area contributed by atoms with E-state index in [1.807, 2.05) is 24.3 Å². The monoisotopic (exact) mass is 253 g/mol. The summed E-state index contributed by atoms with van der Waals surface area (Å²) in [5.41, 5.74) is 8.26. The molecule has 2 aromatic carbocycles. The highest BCUT2D eigenvalue weighted by molar-refractivity contribution is 5.34. The predicted octanol–water partition coefficient (Wildman–Crippen LogP) is 3.33. The smallest absolute Gasteiger partial charge is 0.120 e. The number of nitrogens with two attached hydrogens (primary N) is 1. The second-order valence-corrected chi connectivity index (χ2v) is 5.18. The van der Waals surface area contributed by atoms with Crippen LogP contribution in [0.1, 0.15) is 23.5 Å². The summed E-state index contributed by atoms with van der Waals surface area (Å²) in [7, 11) is 0. The van der Waals surface area contributed by atoms with E-state index in [0.717, 1.165) is 12.3 Å². The van der Waals surface area contributed by atoms with Gasteiger partial charge < -0.3 is 10.5 Å². The van der Waals surface area contributed by atoms with Crippen LogP contribution in [-0.2, 0) is 6.61 Å². The number of hydrogen-bond donors (Lipinski definition) is 1. The Morgan fingerprint density at radius 2 is 1.89 bits per heavy atom. The fourth-order valence-corrected chi connectivity index (χ4v) is 2.49. The number of benzene rings is 2. The van der Waals surface area contributed by atoms with Crippen molar-refractivity contribution in [2.24, 2.45) is 11.7 Å². The van der Waals surface area contributed by atoms with Gasteiger partial charge in [-0.2, -0.15) is 0 Å². The lowest BCUT2D eigenvalue weighted by molar-refractivity contribution is 0.306. The highest BCUT2D eigenvalue weighted by Gasteiger charge is 2.36. The second-order valence-electron chi connectivity index (χ2n) is 5.18. The summed E-state index contributed by atoms with van der Waals surface area (Å²) in [6, 6.07) is 18.7. The van der Waals surface area contributed by atoms with Gasteiger partial charge in [0.15, 0.2) is 0 Å². The summed E-state index contributed by atoms with van der Waals surface area (Å²) in [6.45, 7) is 1.41. The van der Waals surface area contributed by atoms with Crippen molar-refractivity contribution in [2.45, 2.75) is 18.9 Å². The number of ether oxygens (including phenoxy) is 1. The molecule has 19 heavy (non-hydrogen) atoms. The lowest BCUT2D eigenvalue weighted by atomic mass is 10.1. The average molecular weight is 253 g/mol. The molecule has 3 rings (SSSR count). The minimum Gasteiger partial charge on any atom is -0.489 e. The molecule has 0 amide bonds. The van der Waals surface area contributed by atoms with Crippen LogP contribution in [0.25, 0.3) is 0 Å². The first-order valence-corrected chi connectivity index (χ1v) is 6.83. The summed E-state index contributed by atoms with van der Waals surface area (Å²) in [4.78, 5) is 0. The van der Waals surface area contributed by atoms with Crippen molar-refractivity contribution in [1.82, 2.24) is 0 Å². The van der Waals surface area contributed by atoms with E-state index >= 15 is 0 Å². The van der Waals surface area contributed by atoms with Crippen LogP contribution in [0.5, 0.6) is 5.75 Å². The van der Waals surface area contributed by atoms with Crippen molar-refractivity contribution in [3.63, 3.8) is 0 Å². The SMILES string of the molecule is NCC1CC1c1cccc(OCc2ccccc2)c1. The Morgan fingerprint density at radius 1 is 1.05 bits per heavy atom. The molecule has 0 aliphatic heterocycles. The van der Waals surface area contributed by atoms with E-state index in [9.17, 15) is 0 Å². The molecular formula is C17H19NO.